The molecule has 4 saturated heterocycles. The van der Waals surface area contributed by atoms with Gasteiger partial charge in [0.15, 0.2) is 6.79 Å². The molecule has 280 valence electrons. The highest BCUT2D eigenvalue weighted by atomic mass is 16.7. The number of carbonyl (C=O) groups is 1. The maximum Gasteiger partial charge on any atom is 0.410 e. The molecule has 0 spiro atoms. The number of amides is 1. The standard InChI is InChI=1S/C41H50N6O6/c1-24-30-9-6-8-25-16-29(52-23-50-5)17-31(34(25)30)35-33(24)36-32(18-42-35)37(45-19-26-10-11-27(20-45)47(26)39(49)53-40(2,3)4)44-38(43-36)51-22-41-13-7-15-46(41)28(21-48)12-14-41/h6,8-9,16-18,24,26-28,48H,7,10-15,19-23H2,1-5H3/t24?,26?,27?,28-,41+/m0/s1. The lowest BCUT2D eigenvalue weighted by Crippen LogP contribution is -2.57. The number of benzene rings is 2. The van der Waals surface area contributed by atoms with Crippen LogP contribution in [0.5, 0.6) is 11.8 Å². The van der Waals surface area contributed by atoms with Crippen LogP contribution in [0.2, 0.25) is 0 Å². The Morgan fingerprint density at radius 1 is 1.06 bits per heavy atom. The van der Waals surface area contributed by atoms with Gasteiger partial charge in [0.1, 0.15) is 23.8 Å². The topological polar surface area (TPSA) is 123 Å². The third kappa shape index (κ3) is 5.75. The molecule has 3 unspecified atom stereocenters. The van der Waals surface area contributed by atoms with Crippen LogP contribution in [0.25, 0.3) is 32.9 Å². The lowest BCUT2D eigenvalue weighted by Gasteiger charge is -2.42. The van der Waals surface area contributed by atoms with Crippen LogP contribution >= 0.6 is 0 Å². The molecule has 1 amide bonds. The Balaban J connectivity index is 1.15. The van der Waals surface area contributed by atoms with E-state index in [-0.39, 0.29) is 49.1 Å². The number of aliphatic hydroxyl groups is 1. The Hall–Kier alpha value is -4.26. The van der Waals surface area contributed by atoms with Gasteiger partial charge in [0.05, 0.1) is 40.8 Å². The lowest BCUT2D eigenvalue weighted by molar-refractivity contribution is 0.0122. The number of ether oxygens (including phenoxy) is 4. The Morgan fingerprint density at radius 3 is 2.62 bits per heavy atom. The molecular formula is C41H50N6O6. The van der Waals surface area contributed by atoms with Crippen LogP contribution in [0.3, 0.4) is 0 Å². The average Bonchev–Trinajstić information content (AvgIpc) is 3.79. The molecule has 2 aromatic heterocycles. The van der Waals surface area contributed by atoms with E-state index in [9.17, 15) is 9.90 Å². The number of piperazine rings is 1. The third-order valence-corrected chi connectivity index (χ3v) is 12.3. The summed E-state index contributed by atoms with van der Waals surface area (Å²) < 4.78 is 23.8. The van der Waals surface area contributed by atoms with Gasteiger partial charge in [-0.15, -0.1) is 0 Å². The maximum atomic E-state index is 13.4. The largest absolute Gasteiger partial charge is 0.468 e. The van der Waals surface area contributed by atoms with E-state index in [1.807, 2.05) is 31.9 Å². The first kappa shape index (κ1) is 34.5. The summed E-state index contributed by atoms with van der Waals surface area (Å²) in [4.78, 5) is 35.7. The van der Waals surface area contributed by atoms with Crippen LogP contribution < -0.4 is 14.4 Å². The van der Waals surface area contributed by atoms with Gasteiger partial charge in [0, 0.05) is 49.5 Å². The molecule has 6 heterocycles. The Morgan fingerprint density at radius 2 is 1.87 bits per heavy atom. The molecule has 2 bridgehead atoms. The van der Waals surface area contributed by atoms with Crippen LogP contribution in [0.1, 0.15) is 83.3 Å². The van der Waals surface area contributed by atoms with E-state index in [0.717, 1.165) is 89.7 Å². The monoisotopic (exact) mass is 722 g/mol. The Bertz CT molecular complexity index is 2070. The number of rotatable bonds is 8. The fraction of sp³-hybridized carbons (Fsp3) is 0.561. The van der Waals surface area contributed by atoms with E-state index in [2.05, 4.69) is 47.1 Å². The number of aliphatic hydroxyl groups excluding tert-OH is 1. The molecule has 0 radical (unpaired) electrons. The van der Waals surface area contributed by atoms with E-state index in [1.165, 1.54) is 10.9 Å². The van der Waals surface area contributed by atoms with Gasteiger partial charge < -0.3 is 29.0 Å². The number of hydrogen-bond donors (Lipinski definition) is 1. The molecule has 2 aromatic carbocycles. The first-order valence-corrected chi connectivity index (χ1v) is 19.2. The smallest absolute Gasteiger partial charge is 0.410 e. The summed E-state index contributed by atoms with van der Waals surface area (Å²) >= 11 is 0. The van der Waals surface area contributed by atoms with Crippen molar-refractivity contribution in [1.29, 1.82) is 0 Å². The number of methoxy groups -OCH3 is 1. The van der Waals surface area contributed by atoms with Crippen LogP contribution in [-0.2, 0) is 9.47 Å². The predicted octanol–water partition coefficient (Wildman–Crippen LogP) is 6.25. The van der Waals surface area contributed by atoms with Gasteiger partial charge in [-0.1, -0.05) is 25.1 Å². The van der Waals surface area contributed by atoms with Crippen LogP contribution in [-0.4, -0.2) is 112 Å². The van der Waals surface area contributed by atoms with Crippen LogP contribution in [0.4, 0.5) is 10.6 Å². The second-order valence-electron chi connectivity index (χ2n) is 16.7. The van der Waals surface area contributed by atoms with Crippen molar-refractivity contribution in [1.82, 2.24) is 24.8 Å². The fourth-order valence-electron chi connectivity index (χ4n) is 10.0. The first-order valence-electron chi connectivity index (χ1n) is 19.2. The molecule has 4 aliphatic heterocycles. The quantitative estimate of drug-likeness (QED) is 0.208. The third-order valence-electron chi connectivity index (χ3n) is 12.3. The first-order chi connectivity index (χ1) is 25.6. The van der Waals surface area contributed by atoms with Crippen LogP contribution in [0.15, 0.2) is 36.5 Å². The molecule has 5 aliphatic rings. The minimum atomic E-state index is -0.561. The molecule has 9 rings (SSSR count). The predicted molar refractivity (Wildman–Crippen MR) is 202 cm³/mol. The van der Waals surface area contributed by atoms with Crippen molar-refractivity contribution >= 4 is 33.6 Å². The summed E-state index contributed by atoms with van der Waals surface area (Å²) in [6.45, 7) is 11.0. The van der Waals surface area contributed by atoms with Gasteiger partial charge in [-0.2, -0.15) is 9.97 Å². The molecule has 53 heavy (non-hydrogen) atoms. The zero-order chi connectivity index (χ0) is 36.6. The van der Waals surface area contributed by atoms with Crippen molar-refractivity contribution in [3.05, 3.63) is 47.7 Å². The number of anilines is 1. The Kier molecular flexibility index (Phi) is 8.43. The number of nitrogens with zero attached hydrogens (tertiary/aromatic N) is 6. The number of pyridine rings is 1. The summed E-state index contributed by atoms with van der Waals surface area (Å²) in [5.74, 6) is 1.51. The molecule has 1 aliphatic carbocycles. The van der Waals surface area contributed by atoms with E-state index in [4.69, 9.17) is 33.9 Å². The molecule has 5 atom stereocenters. The van der Waals surface area contributed by atoms with E-state index >= 15 is 0 Å². The average molecular weight is 723 g/mol. The second-order valence-corrected chi connectivity index (χ2v) is 16.7. The second kappa shape index (κ2) is 13.0. The van der Waals surface area contributed by atoms with E-state index in [0.29, 0.717) is 25.7 Å². The van der Waals surface area contributed by atoms with E-state index in [1.54, 1.807) is 7.11 Å². The lowest BCUT2D eigenvalue weighted by atomic mass is 9.79. The molecule has 0 saturated carbocycles. The molecule has 1 N–H and O–H groups in total. The van der Waals surface area contributed by atoms with Crippen molar-refractivity contribution in [2.24, 2.45) is 0 Å². The van der Waals surface area contributed by atoms with Crippen molar-refractivity contribution < 1.29 is 28.8 Å². The Labute approximate surface area is 310 Å². The zero-order valence-electron chi connectivity index (χ0n) is 31.4. The SMILES string of the molecule is COCOc1cc2c3c(cccc3c1)C(C)c1c-2ncc2c(N3CC4CCC(C3)N4C(=O)OC(C)(C)C)nc(OC[C@]34CCCN3[C@H](CO)CC4)nc12. The number of carbonyl (C=O) groups excluding carboxylic acids is 1. The van der Waals surface area contributed by atoms with Gasteiger partial charge in [-0.05, 0) is 94.3 Å². The van der Waals surface area contributed by atoms with Gasteiger partial charge in [-0.3, -0.25) is 14.8 Å². The zero-order valence-corrected chi connectivity index (χ0v) is 31.4. The maximum absolute atomic E-state index is 13.4. The number of aromatic nitrogens is 3. The van der Waals surface area contributed by atoms with Gasteiger partial charge >= 0.3 is 12.1 Å². The number of hydrogen-bond acceptors (Lipinski definition) is 11. The summed E-state index contributed by atoms with van der Waals surface area (Å²) in [6.07, 6.45) is 7.57. The molecule has 4 fully saturated rings. The molecule has 12 nitrogen and oxygen atoms in total. The summed E-state index contributed by atoms with van der Waals surface area (Å²) in [7, 11) is 1.62. The van der Waals surface area contributed by atoms with Gasteiger partial charge in [0.25, 0.3) is 0 Å². The fourth-order valence-corrected chi connectivity index (χ4v) is 10.0. The van der Waals surface area contributed by atoms with E-state index < -0.39 is 5.60 Å². The molecular weight excluding hydrogens is 672 g/mol. The number of fused-ring (bicyclic) bond motifs is 7. The highest BCUT2D eigenvalue weighted by Gasteiger charge is 2.50. The summed E-state index contributed by atoms with van der Waals surface area (Å²) in [6, 6.07) is 11.1. The molecule has 12 heteroatoms. The van der Waals surface area contributed by atoms with Crippen molar-refractivity contribution in [2.75, 3.05) is 51.7 Å². The minimum absolute atomic E-state index is 0.00278. The van der Waals surface area contributed by atoms with Gasteiger partial charge in [-0.25, -0.2) is 4.79 Å². The molecule has 4 aromatic rings. The summed E-state index contributed by atoms with van der Waals surface area (Å²) in [5, 5.41) is 13.3. The van der Waals surface area contributed by atoms with Gasteiger partial charge in [0.2, 0.25) is 0 Å². The highest BCUT2D eigenvalue weighted by Crippen LogP contribution is 2.49. The van der Waals surface area contributed by atoms with Crippen molar-refractivity contribution in [3.63, 3.8) is 0 Å². The van der Waals surface area contributed by atoms with Crippen molar-refractivity contribution in [2.45, 2.75) is 101 Å². The normalized spacial score (nSPS) is 26.3. The van der Waals surface area contributed by atoms with Crippen LogP contribution in [0, 0.1) is 0 Å². The van der Waals surface area contributed by atoms with Crippen molar-refractivity contribution in [3.8, 4) is 23.0 Å². The highest BCUT2D eigenvalue weighted by molar-refractivity contribution is 6.06. The minimum Gasteiger partial charge on any atom is -0.468 e. The summed E-state index contributed by atoms with van der Waals surface area (Å²) in [5.41, 5.74) is 4.28.